The van der Waals surface area contributed by atoms with E-state index in [9.17, 15) is 14.0 Å². The van der Waals surface area contributed by atoms with Crippen molar-refractivity contribution in [2.24, 2.45) is 0 Å². The molecule has 0 radical (unpaired) electrons. The molecule has 3 heterocycles. The Hall–Kier alpha value is -2.70. The molecule has 1 fully saturated rings. The van der Waals surface area contributed by atoms with Gasteiger partial charge in [-0.05, 0) is 32.1 Å². The molecule has 1 saturated heterocycles. The van der Waals surface area contributed by atoms with Gasteiger partial charge >= 0.3 is 5.69 Å². The maximum absolute atomic E-state index is 15.2. The van der Waals surface area contributed by atoms with E-state index in [2.05, 4.69) is 11.6 Å². The summed E-state index contributed by atoms with van der Waals surface area (Å²) in [4.78, 5) is 35.0. The van der Waals surface area contributed by atoms with Crippen LogP contribution in [0.3, 0.4) is 0 Å². The highest BCUT2D eigenvalue weighted by molar-refractivity contribution is 7.99. The van der Waals surface area contributed by atoms with E-state index in [0.717, 1.165) is 6.07 Å². The Kier molecular flexibility index (Phi) is 9.15. The number of piperazine rings is 1. The van der Waals surface area contributed by atoms with Gasteiger partial charge in [0.2, 0.25) is 5.91 Å². The van der Waals surface area contributed by atoms with Gasteiger partial charge in [0.05, 0.1) is 41.4 Å². The normalized spacial score (nSPS) is 20.6. The number of methoxy groups -OCH3 is 1. The zero-order chi connectivity index (χ0) is 30.3. The Morgan fingerprint density at radius 1 is 1.12 bits per heavy atom. The Morgan fingerprint density at radius 3 is 2.50 bits per heavy atom. The zero-order valence-corrected chi connectivity index (χ0v) is 25.7. The van der Waals surface area contributed by atoms with Crippen LogP contribution in [0.25, 0.3) is 22.0 Å². The summed E-state index contributed by atoms with van der Waals surface area (Å²) < 4.78 is 42.0. The van der Waals surface area contributed by atoms with E-state index in [4.69, 9.17) is 32.7 Å². The minimum atomic E-state index is -0.888. The van der Waals surface area contributed by atoms with Gasteiger partial charge in [-0.25, -0.2) is 13.6 Å². The van der Waals surface area contributed by atoms with Crippen molar-refractivity contribution >= 4 is 57.6 Å². The highest BCUT2D eigenvalue weighted by Crippen LogP contribution is 2.47. The van der Waals surface area contributed by atoms with E-state index in [1.807, 2.05) is 18.7 Å². The lowest BCUT2D eigenvalue weighted by Gasteiger charge is -2.44. The minimum absolute atomic E-state index is 0.0192. The zero-order valence-electron chi connectivity index (χ0n) is 23.3. The van der Waals surface area contributed by atoms with Crippen LogP contribution in [0.4, 0.5) is 14.6 Å². The smallest absolute Gasteiger partial charge is 0.350 e. The summed E-state index contributed by atoms with van der Waals surface area (Å²) in [6.07, 6.45) is 0.914. The van der Waals surface area contributed by atoms with Crippen molar-refractivity contribution in [1.82, 2.24) is 14.5 Å². The number of thioether (sulfide) groups is 1. The van der Waals surface area contributed by atoms with Crippen molar-refractivity contribution in [3.05, 3.63) is 63.0 Å². The van der Waals surface area contributed by atoms with Crippen LogP contribution in [0.5, 0.6) is 0 Å². The largest absolute Gasteiger partial charge is 0.382 e. The number of rotatable bonds is 7. The fraction of sp³-hybridized carbons (Fsp3) is 0.414. The first-order valence-electron chi connectivity index (χ1n) is 13.4. The number of amides is 1. The van der Waals surface area contributed by atoms with Crippen molar-refractivity contribution in [2.45, 2.75) is 43.5 Å². The second kappa shape index (κ2) is 12.5. The second-order valence-electron chi connectivity index (χ2n) is 10.4. The van der Waals surface area contributed by atoms with Gasteiger partial charge in [0, 0.05) is 65.5 Å². The lowest BCUT2D eigenvalue weighted by molar-refractivity contribution is -0.130. The average molecular weight is 640 g/mol. The molecule has 1 amide bonds. The number of halogens is 4. The highest BCUT2D eigenvalue weighted by Gasteiger charge is 2.35. The van der Waals surface area contributed by atoms with Crippen molar-refractivity contribution < 1.29 is 23.0 Å². The molecule has 2 aliphatic heterocycles. The first-order chi connectivity index (χ1) is 20.0. The third kappa shape index (κ3) is 5.65. The second-order valence-corrected chi connectivity index (χ2v) is 12.2. The SMILES string of the molecule is C=CC(=O)N1C(C)CN(c2nc(=O)n3c4c(c(-c5cc(Cl)c(F)cc5F)c(Cl)cc24)SCC(OCCOC)C3)CC1C. The van der Waals surface area contributed by atoms with Crippen LogP contribution in [0.1, 0.15) is 13.8 Å². The van der Waals surface area contributed by atoms with Crippen molar-refractivity contribution in [3.8, 4) is 11.1 Å². The molecule has 8 nitrogen and oxygen atoms in total. The number of aromatic nitrogens is 2. The molecule has 3 atom stereocenters. The third-order valence-corrected chi connectivity index (χ3v) is 9.33. The van der Waals surface area contributed by atoms with Crippen molar-refractivity contribution in [3.63, 3.8) is 0 Å². The summed E-state index contributed by atoms with van der Waals surface area (Å²) in [7, 11) is 1.57. The number of anilines is 1. The summed E-state index contributed by atoms with van der Waals surface area (Å²) in [5.41, 5.74) is 0.347. The van der Waals surface area contributed by atoms with Gasteiger partial charge < -0.3 is 19.3 Å². The molecular weight excluding hydrogens is 609 g/mol. The summed E-state index contributed by atoms with van der Waals surface area (Å²) in [6, 6.07) is 3.21. The van der Waals surface area contributed by atoms with Crippen LogP contribution in [-0.2, 0) is 20.8 Å². The van der Waals surface area contributed by atoms with E-state index in [-0.39, 0.29) is 46.2 Å². The first kappa shape index (κ1) is 30.7. The van der Waals surface area contributed by atoms with Gasteiger partial charge in [-0.3, -0.25) is 9.36 Å². The molecule has 224 valence electrons. The number of nitrogens with zero attached hydrogens (tertiary/aromatic N) is 4. The Morgan fingerprint density at radius 2 is 1.83 bits per heavy atom. The molecule has 0 N–H and O–H groups in total. The van der Waals surface area contributed by atoms with E-state index in [1.165, 1.54) is 28.5 Å². The van der Waals surface area contributed by atoms with Crippen LogP contribution in [0.2, 0.25) is 10.0 Å². The molecule has 5 rings (SSSR count). The van der Waals surface area contributed by atoms with Crippen LogP contribution in [0, 0.1) is 11.6 Å². The predicted molar refractivity (Wildman–Crippen MR) is 162 cm³/mol. The predicted octanol–water partition coefficient (Wildman–Crippen LogP) is 5.40. The number of hydrogen-bond donors (Lipinski definition) is 0. The molecule has 0 aliphatic carbocycles. The number of hydrogen-bond acceptors (Lipinski definition) is 7. The molecule has 0 spiro atoms. The molecule has 13 heteroatoms. The standard InChI is InChI=1S/C29H30Cl2F2N4O4S/c1-5-24(38)37-15(2)11-35(12-16(37)3)28-19-9-21(31)25(18-8-20(30)23(33)10-22(18)32)27-26(19)36(29(39)34-28)13-17(14-42-27)41-7-6-40-4/h5,8-10,15-17H,1,6-7,11-14H2,2-4H3. The van der Waals surface area contributed by atoms with Gasteiger partial charge in [-0.15, -0.1) is 11.8 Å². The van der Waals surface area contributed by atoms with Crippen LogP contribution < -0.4 is 10.6 Å². The molecule has 0 saturated carbocycles. The Bertz CT molecular complexity index is 1610. The quantitative estimate of drug-likeness (QED) is 0.195. The molecule has 2 aliphatic rings. The average Bonchev–Trinajstić information content (AvgIpc) is 3.13. The number of ether oxygens (including phenoxy) is 2. The van der Waals surface area contributed by atoms with Gasteiger partial charge in [-0.2, -0.15) is 4.98 Å². The fourth-order valence-corrected chi connectivity index (χ4v) is 7.55. The molecule has 2 aromatic carbocycles. The van der Waals surface area contributed by atoms with Crippen molar-refractivity contribution in [2.75, 3.05) is 44.1 Å². The minimum Gasteiger partial charge on any atom is -0.382 e. The van der Waals surface area contributed by atoms with Gasteiger partial charge in [0.25, 0.3) is 0 Å². The summed E-state index contributed by atoms with van der Waals surface area (Å²) in [5.74, 6) is -1.04. The topological polar surface area (TPSA) is 76.9 Å². The summed E-state index contributed by atoms with van der Waals surface area (Å²) in [5, 5.41) is 0.539. The summed E-state index contributed by atoms with van der Waals surface area (Å²) >= 11 is 14.3. The van der Waals surface area contributed by atoms with E-state index >= 15 is 4.39 Å². The number of carbonyl (C=O) groups excluding carboxylic acids is 1. The molecular formula is C29H30Cl2F2N4O4S. The molecule has 42 heavy (non-hydrogen) atoms. The number of carbonyl (C=O) groups is 1. The fourth-order valence-electron chi connectivity index (χ4n) is 5.74. The van der Waals surface area contributed by atoms with Crippen LogP contribution in [0.15, 0.2) is 40.5 Å². The maximum Gasteiger partial charge on any atom is 0.350 e. The van der Waals surface area contributed by atoms with Gasteiger partial charge in [-0.1, -0.05) is 29.8 Å². The monoisotopic (exact) mass is 638 g/mol. The first-order valence-corrected chi connectivity index (χ1v) is 15.1. The maximum atomic E-state index is 15.2. The molecule has 3 unspecified atom stereocenters. The Balaban J connectivity index is 1.72. The third-order valence-electron chi connectivity index (χ3n) is 7.52. The molecule has 3 aromatic rings. The van der Waals surface area contributed by atoms with Gasteiger partial charge in [0.15, 0.2) is 0 Å². The number of benzene rings is 2. The van der Waals surface area contributed by atoms with Crippen LogP contribution >= 0.6 is 35.0 Å². The molecule has 1 aromatic heterocycles. The summed E-state index contributed by atoms with van der Waals surface area (Å²) in [6.45, 7) is 9.21. The lowest BCUT2D eigenvalue weighted by Crippen LogP contribution is -2.58. The molecule has 0 bridgehead atoms. The van der Waals surface area contributed by atoms with E-state index in [0.29, 0.717) is 59.2 Å². The van der Waals surface area contributed by atoms with Crippen LogP contribution in [-0.4, -0.2) is 77.7 Å². The van der Waals surface area contributed by atoms with Crippen molar-refractivity contribution in [1.29, 1.82) is 0 Å². The van der Waals surface area contributed by atoms with Gasteiger partial charge in [0.1, 0.15) is 17.5 Å². The highest BCUT2D eigenvalue weighted by atomic mass is 35.5. The Labute approximate surface area is 256 Å². The lowest BCUT2D eigenvalue weighted by atomic mass is 10.0. The van der Waals surface area contributed by atoms with E-state index < -0.39 is 17.3 Å². The van der Waals surface area contributed by atoms with E-state index in [1.54, 1.807) is 18.1 Å².